The molecule has 2 aliphatic rings. The zero-order valence-corrected chi connectivity index (χ0v) is 11.6. The molecule has 0 radical (unpaired) electrons. The molecule has 4 nitrogen and oxygen atoms in total. The van der Waals surface area contributed by atoms with Crippen molar-refractivity contribution in [1.29, 1.82) is 0 Å². The number of carboxylic acid groups (broad SMARTS) is 1. The fourth-order valence-electron chi connectivity index (χ4n) is 3.28. The van der Waals surface area contributed by atoms with Crippen molar-refractivity contribution in [1.82, 2.24) is 5.32 Å². The van der Waals surface area contributed by atoms with E-state index in [4.69, 9.17) is 5.11 Å². The highest BCUT2D eigenvalue weighted by Gasteiger charge is 2.39. The lowest BCUT2D eigenvalue weighted by Gasteiger charge is -2.20. The number of nitrogens with one attached hydrogen (secondary N) is 1. The molecule has 106 valence electrons. The third kappa shape index (κ3) is 3.37. The third-order valence-electron chi connectivity index (χ3n) is 4.24. The maximum atomic E-state index is 12.1. The second-order valence-electron chi connectivity index (χ2n) is 6.30. The summed E-state index contributed by atoms with van der Waals surface area (Å²) in [6, 6.07) is 0. The van der Waals surface area contributed by atoms with E-state index in [1.165, 1.54) is 0 Å². The number of hydrogen-bond acceptors (Lipinski definition) is 2. The number of fused-ring (bicyclic) bond motifs is 2. The zero-order valence-electron chi connectivity index (χ0n) is 11.6. The van der Waals surface area contributed by atoms with Crippen LogP contribution in [0.3, 0.4) is 0 Å². The van der Waals surface area contributed by atoms with Crippen LogP contribution in [0, 0.1) is 29.6 Å². The summed E-state index contributed by atoms with van der Waals surface area (Å²) in [4.78, 5) is 23.2. The van der Waals surface area contributed by atoms with E-state index in [1.54, 1.807) is 0 Å². The quantitative estimate of drug-likeness (QED) is 0.722. The minimum atomic E-state index is -0.818. The Kier molecular flexibility index (Phi) is 4.27. The Balaban J connectivity index is 1.82. The molecule has 4 unspecified atom stereocenters. The van der Waals surface area contributed by atoms with Gasteiger partial charge in [-0.05, 0) is 37.0 Å². The number of carbonyl (C=O) groups is 2. The second kappa shape index (κ2) is 5.76. The molecule has 1 saturated carbocycles. The van der Waals surface area contributed by atoms with Crippen LogP contribution in [0.25, 0.3) is 0 Å². The van der Waals surface area contributed by atoms with Crippen molar-refractivity contribution in [2.45, 2.75) is 33.1 Å². The van der Waals surface area contributed by atoms with Crippen molar-refractivity contribution in [3.05, 3.63) is 12.2 Å². The summed E-state index contributed by atoms with van der Waals surface area (Å²) in [5.41, 5.74) is 0. The van der Waals surface area contributed by atoms with E-state index in [0.717, 1.165) is 12.8 Å². The van der Waals surface area contributed by atoms with E-state index in [2.05, 4.69) is 17.5 Å². The largest absolute Gasteiger partial charge is 0.481 e. The van der Waals surface area contributed by atoms with Crippen LogP contribution in [0.1, 0.15) is 33.1 Å². The molecule has 2 rings (SSSR count). The van der Waals surface area contributed by atoms with Gasteiger partial charge in [0, 0.05) is 12.5 Å². The standard InChI is InChI=1S/C15H23NO3/c1-9(2)5-12(15(18)19)8-16-14(17)13-7-10-3-4-11(13)6-10/h3-4,9-13H,5-8H2,1-2H3,(H,16,17)(H,18,19). The van der Waals surface area contributed by atoms with Crippen molar-refractivity contribution < 1.29 is 14.7 Å². The molecule has 1 amide bonds. The molecule has 1 fully saturated rings. The molecular formula is C15H23NO3. The predicted molar refractivity (Wildman–Crippen MR) is 72.4 cm³/mol. The van der Waals surface area contributed by atoms with Crippen molar-refractivity contribution in [2.75, 3.05) is 6.54 Å². The Hall–Kier alpha value is -1.32. The van der Waals surface area contributed by atoms with E-state index in [-0.39, 0.29) is 18.4 Å². The summed E-state index contributed by atoms with van der Waals surface area (Å²) in [6.45, 7) is 4.25. The zero-order chi connectivity index (χ0) is 14.0. The van der Waals surface area contributed by atoms with Crippen LogP contribution < -0.4 is 5.32 Å². The number of aliphatic carboxylic acids is 1. The minimum absolute atomic E-state index is 0.0341. The first kappa shape index (κ1) is 14.1. The van der Waals surface area contributed by atoms with Gasteiger partial charge in [0.2, 0.25) is 5.91 Å². The molecule has 2 aliphatic carbocycles. The molecule has 0 saturated heterocycles. The molecule has 0 aromatic rings. The van der Waals surface area contributed by atoms with Gasteiger partial charge in [0.05, 0.1) is 5.92 Å². The van der Waals surface area contributed by atoms with Crippen molar-refractivity contribution in [3.63, 3.8) is 0 Å². The van der Waals surface area contributed by atoms with E-state index in [9.17, 15) is 9.59 Å². The third-order valence-corrected chi connectivity index (χ3v) is 4.24. The molecular weight excluding hydrogens is 242 g/mol. The second-order valence-corrected chi connectivity index (χ2v) is 6.30. The minimum Gasteiger partial charge on any atom is -0.481 e. The monoisotopic (exact) mass is 265 g/mol. The van der Waals surface area contributed by atoms with Crippen LogP contribution in [0.5, 0.6) is 0 Å². The predicted octanol–water partition coefficient (Wildman–Crippen LogP) is 2.06. The summed E-state index contributed by atoms with van der Waals surface area (Å²) in [5, 5.41) is 12.0. The fourth-order valence-corrected chi connectivity index (χ4v) is 3.28. The lowest BCUT2D eigenvalue weighted by molar-refractivity contribution is -0.142. The van der Waals surface area contributed by atoms with E-state index in [1.807, 2.05) is 13.8 Å². The van der Waals surface area contributed by atoms with Gasteiger partial charge in [-0.3, -0.25) is 9.59 Å². The van der Waals surface area contributed by atoms with Gasteiger partial charge in [-0.1, -0.05) is 26.0 Å². The number of carboxylic acids is 1. The first-order valence-corrected chi connectivity index (χ1v) is 7.16. The Morgan fingerprint density at radius 1 is 1.32 bits per heavy atom. The van der Waals surface area contributed by atoms with Gasteiger partial charge in [0.1, 0.15) is 0 Å². The van der Waals surface area contributed by atoms with Crippen LogP contribution in [0.2, 0.25) is 0 Å². The lowest BCUT2D eigenvalue weighted by atomic mass is 9.92. The van der Waals surface area contributed by atoms with E-state index >= 15 is 0 Å². The highest BCUT2D eigenvalue weighted by Crippen LogP contribution is 2.43. The Bertz CT molecular complexity index is 389. The van der Waals surface area contributed by atoms with Crippen LogP contribution in [0.15, 0.2) is 12.2 Å². The topological polar surface area (TPSA) is 66.4 Å². The Morgan fingerprint density at radius 3 is 2.53 bits per heavy atom. The van der Waals surface area contributed by atoms with E-state index in [0.29, 0.717) is 24.2 Å². The van der Waals surface area contributed by atoms with Gasteiger partial charge < -0.3 is 10.4 Å². The Morgan fingerprint density at radius 2 is 2.05 bits per heavy atom. The van der Waals surface area contributed by atoms with E-state index < -0.39 is 11.9 Å². The van der Waals surface area contributed by atoms with Gasteiger partial charge in [0.25, 0.3) is 0 Å². The van der Waals surface area contributed by atoms with Gasteiger partial charge in [-0.2, -0.15) is 0 Å². The van der Waals surface area contributed by atoms with Gasteiger partial charge in [-0.15, -0.1) is 0 Å². The molecule has 0 aromatic heterocycles. The summed E-state index contributed by atoms with van der Waals surface area (Å²) < 4.78 is 0. The molecule has 4 heteroatoms. The fraction of sp³-hybridized carbons (Fsp3) is 0.733. The first-order valence-electron chi connectivity index (χ1n) is 7.16. The molecule has 0 spiro atoms. The highest BCUT2D eigenvalue weighted by atomic mass is 16.4. The van der Waals surface area contributed by atoms with Crippen LogP contribution in [-0.4, -0.2) is 23.5 Å². The SMILES string of the molecule is CC(C)CC(CNC(=O)C1CC2C=CC1C2)C(=O)O. The maximum absolute atomic E-state index is 12.1. The first-order chi connectivity index (χ1) is 8.97. The van der Waals surface area contributed by atoms with Crippen LogP contribution >= 0.6 is 0 Å². The Labute approximate surface area is 114 Å². The molecule has 2 bridgehead atoms. The number of allylic oxidation sites excluding steroid dienone is 2. The smallest absolute Gasteiger partial charge is 0.308 e. The average Bonchev–Trinajstić information content (AvgIpc) is 2.95. The number of carbonyl (C=O) groups excluding carboxylic acids is 1. The normalized spacial score (nSPS) is 29.7. The number of amides is 1. The molecule has 19 heavy (non-hydrogen) atoms. The average molecular weight is 265 g/mol. The van der Waals surface area contributed by atoms with Gasteiger partial charge in [0.15, 0.2) is 0 Å². The van der Waals surface area contributed by atoms with Crippen LogP contribution in [0.4, 0.5) is 0 Å². The van der Waals surface area contributed by atoms with Crippen molar-refractivity contribution in [2.24, 2.45) is 29.6 Å². The summed E-state index contributed by atoms with van der Waals surface area (Å²) in [5.74, 6) is 0.0590. The van der Waals surface area contributed by atoms with Gasteiger partial charge >= 0.3 is 5.97 Å². The molecule has 0 aromatic carbocycles. The lowest BCUT2D eigenvalue weighted by Crippen LogP contribution is -2.38. The number of rotatable bonds is 6. The summed E-state index contributed by atoms with van der Waals surface area (Å²) in [6.07, 6.45) is 6.96. The summed E-state index contributed by atoms with van der Waals surface area (Å²) >= 11 is 0. The molecule has 0 heterocycles. The molecule has 4 atom stereocenters. The maximum Gasteiger partial charge on any atom is 0.308 e. The van der Waals surface area contributed by atoms with Crippen molar-refractivity contribution >= 4 is 11.9 Å². The van der Waals surface area contributed by atoms with Crippen LogP contribution in [-0.2, 0) is 9.59 Å². The molecule has 2 N–H and O–H groups in total. The molecule has 0 aliphatic heterocycles. The van der Waals surface area contributed by atoms with Gasteiger partial charge in [-0.25, -0.2) is 0 Å². The van der Waals surface area contributed by atoms with Crippen molar-refractivity contribution in [3.8, 4) is 0 Å². The highest BCUT2D eigenvalue weighted by molar-refractivity contribution is 5.80. The number of hydrogen-bond donors (Lipinski definition) is 2. The summed E-state index contributed by atoms with van der Waals surface area (Å²) in [7, 11) is 0.